The molecule has 3 aromatic heterocycles. The predicted molar refractivity (Wildman–Crippen MR) is 129 cm³/mol. The number of morpholine rings is 1. The molecule has 8 nitrogen and oxygen atoms in total. The van der Waals surface area contributed by atoms with Gasteiger partial charge in [-0.2, -0.15) is 5.10 Å². The second-order valence-corrected chi connectivity index (χ2v) is 9.72. The van der Waals surface area contributed by atoms with Gasteiger partial charge in [0.25, 0.3) is 0 Å². The lowest BCUT2D eigenvalue weighted by molar-refractivity contribution is 0.122. The first kappa shape index (κ1) is 21.5. The molecule has 0 aromatic carbocycles. The number of likely N-dealkylation sites (N-methyl/N-ethyl adjacent to an activating group) is 1. The van der Waals surface area contributed by atoms with Gasteiger partial charge in [-0.1, -0.05) is 6.08 Å². The van der Waals surface area contributed by atoms with E-state index in [0.29, 0.717) is 0 Å². The highest BCUT2D eigenvalue weighted by Crippen LogP contribution is 2.35. The first-order chi connectivity index (χ1) is 15.6. The molecule has 1 N–H and O–H groups in total. The third-order valence-corrected chi connectivity index (χ3v) is 7.45. The molecule has 2 saturated heterocycles. The van der Waals surface area contributed by atoms with Gasteiger partial charge in [-0.05, 0) is 27.0 Å². The zero-order chi connectivity index (χ0) is 22.1. The van der Waals surface area contributed by atoms with Crippen molar-refractivity contribution >= 4 is 32.9 Å². The van der Waals surface area contributed by atoms with E-state index in [-0.39, 0.29) is 0 Å². The molecule has 170 valence electrons. The van der Waals surface area contributed by atoms with Crippen LogP contribution in [0.4, 0.5) is 5.82 Å². The maximum Gasteiger partial charge on any atom is 0.162 e. The fourth-order valence-corrected chi connectivity index (χ4v) is 5.56. The number of aromatic nitrogens is 4. The van der Waals surface area contributed by atoms with Crippen LogP contribution in [-0.4, -0.2) is 89.5 Å². The lowest BCUT2D eigenvalue weighted by atomic mass is 10.1. The maximum atomic E-state index is 5.61. The van der Waals surface area contributed by atoms with Crippen LogP contribution in [0, 0.1) is 6.92 Å². The molecular weight excluding hydrogens is 422 g/mol. The van der Waals surface area contributed by atoms with Crippen LogP contribution in [0.5, 0.6) is 0 Å². The summed E-state index contributed by atoms with van der Waals surface area (Å²) in [4.78, 5) is 18.8. The summed E-state index contributed by atoms with van der Waals surface area (Å²) >= 11 is 1.84. The molecular formula is C23H31N7OS. The van der Waals surface area contributed by atoms with Gasteiger partial charge in [0, 0.05) is 67.5 Å². The standard InChI is InChI=1S/C23H31N7OS/c1-4-18(19-14-24-27-16(19)2)22-25-20-13-17(15-29-7-5-28(3)6-8-29)32-21(20)23(26-22)30-9-11-31-12-10-30/h4,13-14H,5-12,15H2,1-3H3,(H,24,27)/b18-4+. The fraction of sp³-hybridized carbons (Fsp3) is 0.522. The van der Waals surface area contributed by atoms with Crippen LogP contribution < -0.4 is 4.90 Å². The molecule has 9 heteroatoms. The number of aryl methyl sites for hydroxylation is 1. The molecule has 3 aromatic rings. The van der Waals surface area contributed by atoms with Crippen LogP contribution >= 0.6 is 11.3 Å². The van der Waals surface area contributed by atoms with E-state index < -0.39 is 0 Å². The van der Waals surface area contributed by atoms with Gasteiger partial charge >= 0.3 is 0 Å². The summed E-state index contributed by atoms with van der Waals surface area (Å²) < 4.78 is 6.78. The molecule has 0 unspecified atom stereocenters. The number of anilines is 1. The van der Waals surface area contributed by atoms with Crippen LogP contribution in [0.3, 0.4) is 0 Å². The molecule has 2 aliphatic heterocycles. The van der Waals surface area contributed by atoms with Crippen LogP contribution in [-0.2, 0) is 11.3 Å². The largest absolute Gasteiger partial charge is 0.378 e. The van der Waals surface area contributed by atoms with Gasteiger partial charge < -0.3 is 14.5 Å². The number of ether oxygens (including phenoxy) is 1. The Morgan fingerprint density at radius 3 is 2.62 bits per heavy atom. The molecule has 2 fully saturated rings. The van der Waals surface area contributed by atoms with Gasteiger partial charge in [0.05, 0.1) is 29.6 Å². The van der Waals surface area contributed by atoms with Crippen LogP contribution in [0.1, 0.15) is 28.9 Å². The van der Waals surface area contributed by atoms with Crippen LogP contribution in [0.2, 0.25) is 0 Å². The lowest BCUT2D eigenvalue weighted by Gasteiger charge is -2.31. The molecule has 0 atom stereocenters. The third kappa shape index (κ3) is 4.30. The number of hydrogen-bond donors (Lipinski definition) is 1. The summed E-state index contributed by atoms with van der Waals surface area (Å²) in [6.45, 7) is 12.7. The molecule has 0 saturated carbocycles. The Bertz CT molecular complexity index is 1110. The van der Waals surface area contributed by atoms with E-state index in [1.807, 2.05) is 31.4 Å². The molecule has 0 spiro atoms. The highest BCUT2D eigenvalue weighted by atomic mass is 32.1. The van der Waals surface area contributed by atoms with Gasteiger partial charge in [-0.15, -0.1) is 11.3 Å². The second kappa shape index (κ2) is 9.27. The Balaban J connectivity index is 1.54. The van der Waals surface area contributed by atoms with Crippen LogP contribution in [0.15, 0.2) is 18.3 Å². The quantitative estimate of drug-likeness (QED) is 0.637. The monoisotopic (exact) mass is 453 g/mol. The van der Waals surface area contributed by atoms with E-state index in [1.165, 1.54) is 9.58 Å². The van der Waals surface area contributed by atoms with Gasteiger partial charge in [0.2, 0.25) is 0 Å². The summed E-state index contributed by atoms with van der Waals surface area (Å²) in [7, 11) is 2.20. The number of fused-ring (bicyclic) bond motifs is 1. The first-order valence-electron chi connectivity index (χ1n) is 11.3. The fourth-order valence-electron chi connectivity index (χ4n) is 4.41. The molecule has 0 amide bonds. The molecule has 5 heterocycles. The Hall–Kier alpha value is -2.33. The van der Waals surface area contributed by atoms with Crippen molar-refractivity contribution in [3.63, 3.8) is 0 Å². The Morgan fingerprint density at radius 2 is 1.94 bits per heavy atom. The average Bonchev–Trinajstić information content (AvgIpc) is 3.42. The van der Waals surface area contributed by atoms with Gasteiger partial charge in [-0.3, -0.25) is 10.00 Å². The highest BCUT2D eigenvalue weighted by molar-refractivity contribution is 7.19. The highest BCUT2D eigenvalue weighted by Gasteiger charge is 2.23. The summed E-state index contributed by atoms with van der Waals surface area (Å²) in [5.74, 6) is 1.79. The van der Waals surface area contributed by atoms with Crippen molar-refractivity contribution in [2.45, 2.75) is 20.4 Å². The minimum atomic E-state index is 0.734. The molecule has 0 aliphatic carbocycles. The number of nitrogens with zero attached hydrogens (tertiary/aromatic N) is 6. The van der Waals surface area contributed by atoms with Crippen LogP contribution in [0.25, 0.3) is 15.8 Å². The average molecular weight is 454 g/mol. The summed E-state index contributed by atoms with van der Waals surface area (Å²) in [5, 5.41) is 7.25. The smallest absolute Gasteiger partial charge is 0.162 e. The van der Waals surface area contributed by atoms with Crippen molar-refractivity contribution in [2.75, 3.05) is 64.4 Å². The SMILES string of the molecule is C/C=C(/c1nc(N2CCOCC2)c2sc(CN3CCN(C)CC3)cc2n1)c1cn[nH]c1C. The summed E-state index contributed by atoms with van der Waals surface area (Å²) in [5.41, 5.74) is 4.12. The molecule has 32 heavy (non-hydrogen) atoms. The third-order valence-electron chi connectivity index (χ3n) is 6.34. The minimum absolute atomic E-state index is 0.734. The Labute approximate surface area is 192 Å². The van der Waals surface area contributed by atoms with E-state index in [4.69, 9.17) is 14.7 Å². The van der Waals surface area contributed by atoms with Gasteiger partial charge in [0.15, 0.2) is 11.6 Å². The lowest BCUT2D eigenvalue weighted by Crippen LogP contribution is -2.43. The van der Waals surface area contributed by atoms with E-state index >= 15 is 0 Å². The second-order valence-electron chi connectivity index (χ2n) is 8.59. The van der Waals surface area contributed by atoms with E-state index in [0.717, 1.165) is 93.0 Å². The normalized spacial score (nSPS) is 19.2. The number of H-pyrrole nitrogens is 1. The maximum absolute atomic E-state index is 5.61. The topological polar surface area (TPSA) is 73.4 Å². The number of aromatic amines is 1. The number of rotatable bonds is 5. The zero-order valence-electron chi connectivity index (χ0n) is 19.1. The van der Waals surface area contributed by atoms with E-state index in [2.05, 4.69) is 44.1 Å². The van der Waals surface area contributed by atoms with Crippen molar-refractivity contribution in [1.82, 2.24) is 30.0 Å². The number of piperazine rings is 1. The van der Waals surface area contributed by atoms with Crippen molar-refractivity contribution in [3.8, 4) is 0 Å². The molecule has 0 bridgehead atoms. The van der Waals surface area contributed by atoms with E-state index in [9.17, 15) is 0 Å². The Kier molecular flexibility index (Phi) is 6.23. The van der Waals surface area contributed by atoms with Crippen molar-refractivity contribution in [3.05, 3.63) is 40.3 Å². The summed E-state index contributed by atoms with van der Waals surface area (Å²) in [6.07, 6.45) is 3.94. The molecule has 2 aliphatic rings. The summed E-state index contributed by atoms with van der Waals surface area (Å²) in [6, 6.07) is 2.27. The van der Waals surface area contributed by atoms with Crippen molar-refractivity contribution < 1.29 is 4.74 Å². The minimum Gasteiger partial charge on any atom is -0.378 e. The number of allylic oxidation sites excluding steroid dienone is 1. The zero-order valence-corrected chi connectivity index (χ0v) is 19.9. The predicted octanol–water partition coefficient (Wildman–Crippen LogP) is 2.76. The van der Waals surface area contributed by atoms with E-state index in [1.54, 1.807) is 0 Å². The van der Waals surface area contributed by atoms with Gasteiger partial charge in [-0.25, -0.2) is 9.97 Å². The molecule has 5 rings (SSSR count). The molecule has 0 radical (unpaired) electrons. The number of hydrogen-bond acceptors (Lipinski definition) is 8. The van der Waals surface area contributed by atoms with Crippen molar-refractivity contribution in [2.24, 2.45) is 0 Å². The van der Waals surface area contributed by atoms with Gasteiger partial charge in [0.1, 0.15) is 0 Å². The number of nitrogens with one attached hydrogen (secondary N) is 1. The van der Waals surface area contributed by atoms with Crippen molar-refractivity contribution in [1.29, 1.82) is 0 Å². The first-order valence-corrected chi connectivity index (χ1v) is 12.1. The Morgan fingerprint density at radius 1 is 1.16 bits per heavy atom. The number of thiophene rings is 1.